The zero-order chi connectivity index (χ0) is 15.9. The van der Waals surface area contributed by atoms with Gasteiger partial charge in [0.1, 0.15) is 17.8 Å². The Morgan fingerprint density at radius 2 is 1.91 bits per heavy atom. The third-order valence-electron chi connectivity index (χ3n) is 3.07. The van der Waals surface area contributed by atoms with E-state index in [-0.39, 0.29) is 5.91 Å². The van der Waals surface area contributed by atoms with E-state index in [0.717, 1.165) is 24.3 Å². The van der Waals surface area contributed by atoms with Crippen molar-refractivity contribution in [1.29, 1.82) is 0 Å². The van der Waals surface area contributed by atoms with Crippen molar-refractivity contribution in [1.82, 2.24) is 14.9 Å². The first-order valence-electron chi connectivity index (χ1n) is 7.13. The number of hydrogen-bond donors (Lipinski definition) is 2. The second kappa shape index (κ2) is 7.51. The Bertz CT molecular complexity index is 625. The largest absolute Gasteiger partial charge is 0.369 e. The van der Waals surface area contributed by atoms with Gasteiger partial charge in [-0.2, -0.15) is 0 Å². The SMILES string of the molecule is Cc1ccc(NC(=O)c2cc(NCCN(C)C)ncn2)cc1. The second-order valence-electron chi connectivity index (χ2n) is 5.34. The number of amides is 1. The van der Waals surface area contributed by atoms with Crippen LogP contribution in [0.4, 0.5) is 11.5 Å². The Morgan fingerprint density at radius 1 is 1.18 bits per heavy atom. The minimum atomic E-state index is -0.248. The molecule has 0 fully saturated rings. The summed E-state index contributed by atoms with van der Waals surface area (Å²) in [6, 6.07) is 9.28. The van der Waals surface area contributed by atoms with Crippen LogP contribution in [0, 0.1) is 6.92 Å². The molecule has 1 aromatic heterocycles. The van der Waals surface area contributed by atoms with E-state index in [1.807, 2.05) is 45.3 Å². The predicted octanol–water partition coefficient (Wildman–Crippen LogP) is 2.01. The van der Waals surface area contributed by atoms with Crippen LogP contribution >= 0.6 is 0 Å². The Morgan fingerprint density at radius 3 is 2.59 bits per heavy atom. The summed E-state index contributed by atoms with van der Waals surface area (Å²) in [6.07, 6.45) is 1.39. The van der Waals surface area contributed by atoms with E-state index in [2.05, 4.69) is 25.5 Å². The van der Waals surface area contributed by atoms with Gasteiger partial charge >= 0.3 is 0 Å². The van der Waals surface area contributed by atoms with Crippen LogP contribution in [0.25, 0.3) is 0 Å². The van der Waals surface area contributed by atoms with Crippen LogP contribution in [0.2, 0.25) is 0 Å². The van der Waals surface area contributed by atoms with Crippen molar-refractivity contribution >= 4 is 17.4 Å². The molecule has 0 aliphatic rings. The molecule has 2 rings (SSSR count). The Hall–Kier alpha value is -2.47. The van der Waals surface area contributed by atoms with Gasteiger partial charge in [0.25, 0.3) is 5.91 Å². The molecule has 22 heavy (non-hydrogen) atoms. The van der Waals surface area contributed by atoms with Crippen molar-refractivity contribution < 1.29 is 4.79 Å². The summed E-state index contributed by atoms with van der Waals surface area (Å²) in [5, 5.41) is 5.99. The van der Waals surface area contributed by atoms with Gasteiger partial charge in [0.05, 0.1) is 0 Å². The molecular formula is C16H21N5O. The first-order chi connectivity index (χ1) is 10.5. The highest BCUT2D eigenvalue weighted by Crippen LogP contribution is 2.11. The number of aromatic nitrogens is 2. The highest BCUT2D eigenvalue weighted by Gasteiger charge is 2.09. The number of aryl methyl sites for hydroxylation is 1. The van der Waals surface area contributed by atoms with Gasteiger partial charge in [0, 0.05) is 24.8 Å². The normalized spacial score (nSPS) is 10.5. The molecule has 0 bridgehead atoms. The van der Waals surface area contributed by atoms with E-state index in [0.29, 0.717) is 11.5 Å². The molecule has 0 atom stereocenters. The molecule has 6 nitrogen and oxygen atoms in total. The molecule has 0 saturated heterocycles. The number of benzene rings is 1. The Labute approximate surface area is 130 Å². The second-order valence-corrected chi connectivity index (χ2v) is 5.34. The van der Waals surface area contributed by atoms with Crippen LogP contribution in [0.5, 0.6) is 0 Å². The van der Waals surface area contributed by atoms with Gasteiger partial charge in [-0.15, -0.1) is 0 Å². The van der Waals surface area contributed by atoms with E-state index in [9.17, 15) is 4.79 Å². The van der Waals surface area contributed by atoms with Crippen molar-refractivity contribution in [3.05, 3.63) is 47.9 Å². The first-order valence-corrected chi connectivity index (χ1v) is 7.13. The number of nitrogens with zero attached hydrogens (tertiary/aromatic N) is 3. The first kappa shape index (κ1) is 15.9. The maximum absolute atomic E-state index is 12.2. The number of carbonyl (C=O) groups is 1. The fraction of sp³-hybridized carbons (Fsp3) is 0.312. The van der Waals surface area contributed by atoms with Gasteiger partial charge in [-0.3, -0.25) is 4.79 Å². The molecule has 6 heteroatoms. The Kier molecular flexibility index (Phi) is 5.43. The molecule has 2 N–H and O–H groups in total. The van der Waals surface area contributed by atoms with Crippen LogP contribution in [-0.4, -0.2) is 48.0 Å². The topological polar surface area (TPSA) is 70.2 Å². The predicted molar refractivity (Wildman–Crippen MR) is 88.2 cm³/mol. The molecular weight excluding hydrogens is 278 g/mol. The third-order valence-corrected chi connectivity index (χ3v) is 3.07. The number of nitrogens with one attached hydrogen (secondary N) is 2. The lowest BCUT2D eigenvalue weighted by Crippen LogP contribution is -2.21. The summed E-state index contributed by atoms with van der Waals surface area (Å²) in [7, 11) is 4.00. The van der Waals surface area contributed by atoms with E-state index in [1.165, 1.54) is 6.33 Å². The number of carbonyl (C=O) groups excluding carboxylic acids is 1. The lowest BCUT2D eigenvalue weighted by atomic mass is 10.2. The third kappa shape index (κ3) is 4.82. The highest BCUT2D eigenvalue weighted by molar-refractivity contribution is 6.03. The molecule has 2 aromatic rings. The fourth-order valence-electron chi connectivity index (χ4n) is 1.82. The summed E-state index contributed by atoms with van der Waals surface area (Å²) < 4.78 is 0. The van der Waals surface area contributed by atoms with Crippen molar-refractivity contribution in [2.45, 2.75) is 6.92 Å². The number of hydrogen-bond acceptors (Lipinski definition) is 5. The number of likely N-dealkylation sites (N-methyl/N-ethyl adjacent to an activating group) is 1. The zero-order valence-electron chi connectivity index (χ0n) is 13.1. The molecule has 0 saturated carbocycles. The monoisotopic (exact) mass is 299 g/mol. The molecule has 1 heterocycles. The van der Waals surface area contributed by atoms with Gasteiger partial charge < -0.3 is 15.5 Å². The maximum atomic E-state index is 12.2. The van der Waals surface area contributed by atoms with Crippen molar-refractivity contribution in [3.63, 3.8) is 0 Å². The van der Waals surface area contributed by atoms with Gasteiger partial charge in [0.15, 0.2) is 0 Å². The van der Waals surface area contributed by atoms with Gasteiger partial charge in [0.2, 0.25) is 0 Å². The van der Waals surface area contributed by atoms with Gasteiger partial charge in [-0.25, -0.2) is 9.97 Å². The van der Waals surface area contributed by atoms with E-state index >= 15 is 0 Å². The van der Waals surface area contributed by atoms with Crippen molar-refractivity contribution in [3.8, 4) is 0 Å². The summed E-state index contributed by atoms with van der Waals surface area (Å²) in [4.78, 5) is 22.4. The minimum Gasteiger partial charge on any atom is -0.369 e. The molecule has 1 amide bonds. The molecule has 116 valence electrons. The average molecular weight is 299 g/mol. The zero-order valence-corrected chi connectivity index (χ0v) is 13.1. The number of anilines is 2. The van der Waals surface area contributed by atoms with Crippen molar-refractivity contribution in [2.75, 3.05) is 37.8 Å². The van der Waals surface area contributed by atoms with E-state index < -0.39 is 0 Å². The number of rotatable bonds is 6. The Balaban J connectivity index is 1.99. The summed E-state index contributed by atoms with van der Waals surface area (Å²) in [6.45, 7) is 3.64. The summed E-state index contributed by atoms with van der Waals surface area (Å²) in [5.74, 6) is 0.396. The molecule has 1 aromatic carbocycles. The quantitative estimate of drug-likeness (QED) is 0.854. The summed E-state index contributed by atoms with van der Waals surface area (Å²) >= 11 is 0. The maximum Gasteiger partial charge on any atom is 0.274 e. The van der Waals surface area contributed by atoms with Crippen LogP contribution in [0.15, 0.2) is 36.7 Å². The average Bonchev–Trinajstić information content (AvgIpc) is 2.49. The van der Waals surface area contributed by atoms with Crippen LogP contribution in [0.1, 0.15) is 16.1 Å². The van der Waals surface area contributed by atoms with Gasteiger partial charge in [-0.1, -0.05) is 17.7 Å². The van der Waals surface area contributed by atoms with E-state index in [1.54, 1.807) is 6.07 Å². The van der Waals surface area contributed by atoms with Crippen LogP contribution < -0.4 is 10.6 Å². The van der Waals surface area contributed by atoms with Crippen LogP contribution in [0.3, 0.4) is 0 Å². The molecule has 0 aliphatic carbocycles. The lowest BCUT2D eigenvalue weighted by molar-refractivity contribution is 0.102. The summed E-state index contributed by atoms with van der Waals surface area (Å²) in [5.41, 5.74) is 2.23. The van der Waals surface area contributed by atoms with Gasteiger partial charge in [-0.05, 0) is 33.2 Å². The molecule has 0 aliphatic heterocycles. The van der Waals surface area contributed by atoms with Crippen molar-refractivity contribution in [2.24, 2.45) is 0 Å². The van der Waals surface area contributed by atoms with E-state index in [4.69, 9.17) is 0 Å². The minimum absolute atomic E-state index is 0.248. The highest BCUT2D eigenvalue weighted by atomic mass is 16.1. The fourth-order valence-corrected chi connectivity index (χ4v) is 1.82. The van der Waals surface area contributed by atoms with Crippen LogP contribution in [-0.2, 0) is 0 Å². The molecule has 0 radical (unpaired) electrons. The molecule has 0 unspecified atom stereocenters. The smallest absolute Gasteiger partial charge is 0.274 e. The molecule has 0 spiro atoms. The standard InChI is InChI=1S/C16H21N5O/c1-12-4-6-13(7-5-12)20-16(22)14-10-15(19-11-18-14)17-8-9-21(2)3/h4-7,10-11H,8-9H2,1-3H3,(H,20,22)(H,17,18,19). The lowest BCUT2D eigenvalue weighted by Gasteiger charge is -2.11.